The van der Waals surface area contributed by atoms with Crippen molar-refractivity contribution in [3.05, 3.63) is 60.0 Å². The minimum atomic E-state index is -3.49. The van der Waals surface area contributed by atoms with Gasteiger partial charge in [0.15, 0.2) is 0 Å². The average molecular weight is 458 g/mol. The van der Waals surface area contributed by atoms with Crippen LogP contribution in [0.15, 0.2) is 62.8 Å². The van der Waals surface area contributed by atoms with Gasteiger partial charge in [-0.2, -0.15) is 9.29 Å². The summed E-state index contributed by atoms with van der Waals surface area (Å²) in [5.41, 5.74) is 2.05. The summed E-state index contributed by atoms with van der Waals surface area (Å²) in [6.45, 7) is 5.07. The van der Waals surface area contributed by atoms with Gasteiger partial charge in [-0.1, -0.05) is 31.1 Å². The molecule has 1 aliphatic rings. The molecule has 4 rings (SSSR count). The summed E-state index contributed by atoms with van der Waals surface area (Å²) in [7, 11) is -3.49. The molecule has 1 saturated heterocycles. The topological polar surface area (TPSA) is 76.3 Å². The van der Waals surface area contributed by atoms with Gasteiger partial charge in [0.25, 0.3) is 0 Å². The molecule has 1 aliphatic heterocycles. The number of aromatic nitrogens is 2. The molecule has 2 heterocycles. The van der Waals surface area contributed by atoms with Crippen molar-refractivity contribution in [3.8, 4) is 11.4 Å². The maximum absolute atomic E-state index is 13.0. The Balaban J connectivity index is 1.42. The Bertz CT molecular complexity index is 1120. The van der Waals surface area contributed by atoms with Crippen molar-refractivity contribution in [1.82, 2.24) is 14.4 Å². The van der Waals surface area contributed by atoms with E-state index < -0.39 is 10.0 Å². The Hall–Kier alpha value is -2.16. The summed E-state index contributed by atoms with van der Waals surface area (Å²) >= 11 is 1.68. The van der Waals surface area contributed by atoms with Gasteiger partial charge < -0.3 is 4.52 Å². The first-order chi connectivity index (χ1) is 14.9. The molecule has 1 fully saturated rings. The predicted molar refractivity (Wildman–Crippen MR) is 123 cm³/mol. The fourth-order valence-corrected chi connectivity index (χ4v) is 5.65. The molecule has 0 atom stereocenters. The first kappa shape index (κ1) is 22.0. The Morgan fingerprint density at radius 3 is 2.26 bits per heavy atom. The highest BCUT2D eigenvalue weighted by atomic mass is 32.2. The summed E-state index contributed by atoms with van der Waals surface area (Å²) in [6.07, 6.45) is 3.36. The van der Waals surface area contributed by atoms with Gasteiger partial charge in [-0.3, -0.25) is 0 Å². The number of rotatable bonds is 6. The van der Waals surface area contributed by atoms with Crippen molar-refractivity contribution in [3.63, 3.8) is 0 Å². The average Bonchev–Trinajstić information content (AvgIpc) is 3.29. The monoisotopic (exact) mass is 457 g/mol. The summed E-state index contributed by atoms with van der Waals surface area (Å²) in [4.78, 5) is 6.11. The molecule has 0 amide bonds. The Labute approximate surface area is 188 Å². The fraction of sp³-hybridized carbons (Fsp3) is 0.391. The van der Waals surface area contributed by atoms with E-state index in [1.54, 1.807) is 28.2 Å². The van der Waals surface area contributed by atoms with E-state index in [2.05, 4.69) is 24.0 Å². The summed E-state index contributed by atoms with van der Waals surface area (Å²) < 4.78 is 33.1. The second-order valence-electron chi connectivity index (χ2n) is 8.09. The van der Waals surface area contributed by atoms with E-state index in [0.29, 0.717) is 48.5 Å². The van der Waals surface area contributed by atoms with Gasteiger partial charge in [-0.15, -0.1) is 11.8 Å². The molecule has 3 aromatic rings. The van der Waals surface area contributed by atoms with Crippen LogP contribution in [-0.2, 0) is 10.0 Å². The lowest BCUT2D eigenvalue weighted by atomic mass is 9.98. The van der Waals surface area contributed by atoms with Crippen LogP contribution in [0, 0.1) is 0 Å². The van der Waals surface area contributed by atoms with Gasteiger partial charge in [0.05, 0.1) is 4.90 Å². The molecule has 164 valence electrons. The van der Waals surface area contributed by atoms with Crippen LogP contribution in [0.5, 0.6) is 0 Å². The summed E-state index contributed by atoms with van der Waals surface area (Å²) in [5.74, 6) is 1.60. The molecular formula is C23H27N3O3S2. The molecule has 0 bridgehead atoms. The molecule has 1 aromatic heterocycles. The minimum absolute atomic E-state index is 0.0708. The van der Waals surface area contributed by atoms with Crippen molar-refractivity contribution >= 4 is 21.8 Å². The van der Waals surface area contributed by atoms with Crippen molar-refractivity contribution < 1.29 is 12.9 Å². The molecule has 0 radical (unpaired) electrons. The third kappa shape index (κ3) is 4.71. The number of benzene rings is 2. The van der Waals surface area contributed by atoms with Gasteiger partial charge in [-0.05, 0) is 67.0 Å². The minimum Gasteiger partial charge on any atom is -0.339 e. The van der Waals surface area contributed by atoms with Crippen LogP contribution in [0.1, 0.15) is 50.0 Å². The smallest absolute Gasteiger partial charge is 0.243 e. The number of nitrogens with zero attached hydrogens (tertiary/aromatic N) is 3. The number of thioether (sulfide) groups is 1. The van der Waals surface area contributed by atoms with Gasteiger partial charge in [0.1, 0.15) is 0 Å². The van der Waals surface area contributed by atoms with Crippen molar-refractivity contribution in [2.45, 2.75) is 48.3 Å². The lowest BCUT2D eigenvalue weighted by molar-refractivity contribution is 0.271. The van der Waals surface area contributed by atoms with E-state index in [1.165, 1.54) is 4.90 Å². The van der Waals surface area contributed by atoms with Crippen molar-refractivity contribution in [2.75, 3.05) is 19.3 Å². The second kappa shape index (κ2) is 9.14. The fourth-order valence-electron chi connectivity index (χ4n) is 3.78. The maximum atomic E-state index is 13.0. The third-order valence-corrected chi connectivity index (χ3v) is 8.43. The number of hydrogen-bond acceptors (Lipinski definition) is 6. The molecule has 0 spiro atoms. The van der Waals surface area contributed by atoms with E-state index in [-0.39, 0.29) is 5.92 Å². The largest absolute Gasteiger partial charge is 0.339 e. The predicted octanol–water partition coefficient (Wildman–Crippen LogP) is 5.15. The van der Waals surface area contributed by atoms with Gasteiger partial charge in [-0.25, -0.2) is 8.42 Å². The van der Waals surface area contributed by atoms with Gasteiger partial charge in [0.2, 0.25) is 21.7 Å². The second-order valence-corrected chi connectivity index (χ2v) is 10.9. The normalized spacial score (nSPS) is 16.1. The first-order valence-corrected chi connectivity index (χ1v) is 13.1. The molecule has 2 aromatic carbocycles. The van der Waals surface area contributed by atoms with Crippen LogP contribution >= 0.6 is 11.8 Å². The molecule has 0 N–H and O–H groups in total. The zero-order chi connectivity index (χ0) is 22.0. The van der Waals surface area contributed by atoms with E-state index in [1.807, 2.05) is 42.7 Å². The van der Waals surface area contributed by atoms with Gasteiger partial charge in [0, 0.05) is 29.5 Å². The van der Waals surface area contributed by atoms with Crippen LogP contribution in [0.2, 0.25) is 0 Å². The zero-order valence-electron chi connectivity index (χ0n) is 18.0. The maximum Gasteiger partial charge on any atom is 0.243 e. The van der Waals surface area contributed by atoms with Crippen LogP contribution in [0.4, 0.5) is 0 Å². The third-order valence-electron chi connectivity index (χ3n) is 5.78. The Kier molecular flexibility index (Phi) is 6.50. The highest BCUT2D eigenvalue weighted by Crippen LogP contribution is 2.31. The standard InChI is InChI=1S/C23H27N3O3S2/c1-16(2)17-6-10-21(11-7-17)31(27,28)26-14-12-19(13-15-26)23-24-22(25-29-23)18-4-8-20(30-3)9-5-18/h4-11,16,19H,12-15H2,1-3H3. The van der Waals surface area contributed by atoms with Crippen LogP contribution < -0.4 is 0 Å². The van der Waals surface area contributed by atoms with Crippen molar-refractivity contribution in [1.29, 1.82) is 0 Å². The first-order valence-electron chi connectivity index (χ1n) is 10.5. The highest BCUT2D eigenvalue weighted by Gasteiger charge is 2.32. The molecule has 8 heteroatoms. The molecular weight excluding hydrogens is 430 g/mol. The Morgan fingerprint density at radius 2 is 1.68 bits per heavy atom. The van der Waals surface area contributed by atoms with E-state index in [9.17, 15) is 8.42 Å². The molecule has 6 nitrogen and oxygen atoms in total. The quantitative estimate of drug-likeness (QED) is 0.477. The van der Waals surface area contributed by atoms with Crippen molar-refractivity contribution in [2.24, 2.45) is 0 Å². The molecule has 31 heavy (non-hydrogen) atoms. The van der Waals surface area contributed by atoms with E-state index >= 15 is 0 Å². The lowest BCUT2D eigenvalue weighted by Crippen LogP contribution is -2.37. The van der Waals surface area contributed by atoms with Crippen LogP contribution in [-0.4, -0.2) is 42.2 Å². The number of sulfonamides is 1. The van der Waals surface area contributed by atoms with Gasteiger partial charge >= 0.3 is 0 Å². The lowest BCUT2D eigenvalue weighted by Gasteiger charge is -2.29. The SMILES string of the molecule is CSc1ccc(-c2noc(C3CCN(S(=O)(=O)c4ccc(C(C)C)cc4)CC3)n2)cc1. The molecule has 0 saturated carbocycles. The Morgan fingerprint density at radius 1 is 1.03 bits per heavy atom. The van der Waals surface area contributed by atoms with E-state index in [0.717, 1.165) is 11.1 Å². The molecule has 0 unspecified atom stereocenters. The summed E-state index contributed by atoms with van der Waals surface area (Å²) in [6, 6.07) is 15.3. The van der Waals surface area contributed by atoms with Crippen LogP contribution in [0.3, 0.4) is 0 Å². The number of piperidine rings is 1. The number of hydrogen-bond donors (Lipinski definition) is 0. The molecule has 0 aliphatic carbocycles. The van der Waals surface area contributed by atoms with Crippen LogP contribution in [0.25, 0.3) is 11.4 Å². The zero-order valence-corrected chi connectivity index (χ0v) is 19.6. The summed E-state index contributed by atoms with van der Waals surface area (Å²) in [5, 5.41) is 4.13. The van der Waals surface area contributed by atoms with E-state index in [4.69, 9.17) is 4.52 Å². The highest BCUT2D eigenvalue weighted by molar-refractivity contribution is 7.98.